The van der Waals surface area contributed by atoms with Gasteiger partial charge in [-0.15, -0.1) is 0 Å². The Morgan fingerprint density at radius 3 is 2.81 bits per heavy atom. The summed E-state index contributed by atoms with van der Waals surface area (Å²) in [7, 11) is 1.67. The number of nitriles is 1. The molecule has 1 unspecified atom stereocenters. The number of benzene rings is 1. The molecule has 0 saturated heterocycles. The Balaban J connectivity index is 2.76. The van der Waals surface area contributed by atoms with Gasteiger partial charge in [0.05, 0.1) is 6.07 Å². The van der Waals surface area contributed by atoms with Gasteiger partial charge in [0, 0.05) is 0 Å². The zero-order chi connectivity index (χ0) is 12.2. The summed E-state index contributed by atoms with van der Waals surface area (Å²) in [5.41, 5.74) is -0.281. The molecular weight excluding hydrogens is 207 g/mol. The fourth-order valence-corrected chi connectivity index (χ4v) is 1.11. The lowest BCUT2D eigenvalue weighted by atomic mass is 10.1. The average molecular weight is 222 g/mol. The lowest BCUT2D eigenvalue weighted by Crippen LogP contribution is -2.43. The number of likely N-dealkylation sites (N-methyl/N-ethyl adjacent to an activating group) is 1. The lowest BCUT2D eigenvalue weighted by Gasteiger charge is -2.21. The number of hydrogen-bond donors (Lipinski definition) is 1. The lowest BCUT2D eigenvalue weighted by molar-refractivity contribution is 0.233. The van der Waals surface area contributed by atoms with Crippen molar-refractivity contribution in [1.82, 2.24) is 5.32 Å². The van der Waals surface area contributed by atoms with Crippen LogP contribution in [0.5, 0.6) is 5.75 Å². The van der Waals surface area contributed by atoms with Gasteiger partial charge in [-0.1, -0.05) is 12.1 Å². The van der Waals surface area contributed by atoms with E-state index in [1.807, 2.05) is 0 Å². The van der Waals surface area contributed by atoms with Crippen LogP contribution in [0.2, 0.25) is 0 Å². The van der Waals surface area contributed by atoms with Crippen molar-refractivity contribution in [3.63, 3.8) is 0 Å². The molecule has 1 aromatic carbocycles. The monoisotopic (exact) mass is 222 g/mol. The number of nitrogens with zero attached hydrogens (tertiary/aromatic N) is 1. The fourth-order valence-electron chi connectivity index (χ4n) is 1.11. The Morgan fingerprint density at radius 1 is 1.56 bits per heavy atom. The van der Waals surface area contributed by atoms with E-state index in [1.165, 1.54) is 0 Å². The highest BCUT2D eigenvalue weighted by molar-refractivity contribution is 5.30. The van der Waals surface area contributed by atoms with Crippen LogP contribution >= 0.6 is 0 Å². The molecule has 0 aliphatic carbocycles. The Kier molecular flexibility index (Phi) is 3.86. The quantitative estimate of drug-likeness (QED) is 0.847. The molecule has 0 aliphatic rings. The molecule has 0 spiro atoms. The van der Waals surface area contributed by atoms with Crippen molar-refractivity contribution in [3.8, 4) is 11.8 Å². The van der Waals surface area contributed by atoms with E-state index >= 15 is 0 Å². The Labute approximate surface area is 94.8 Å². The smallest absolute Gasteiger partial charge is 0.167 e. The van der Waals surface area contributed by atoms with Gasteiger partial charge >= 0.3 is 0 Å². The van der Waals surface area contributed by atoms with Gasteiger partial charge < -0.3 is 4.74 Å². The molecule has 0 saturated carbocycles. The predicted octanol–water partition coefficient (Wildman–Crippen LogP) is 2.01. The zero-order valence-corrected chi connectivity index (χ0v) is 9.67. The Bertz CT molecular complexity index is 414. The normalized spacial score (nSPS) is 13.9. The maximum absolute atomic E-state index is 13.6. The van der Waals surface area contributed by atoms with Crippen molar-refractivity contribution in [2.24, 2.45) is 0 Å². The topological polar surface area (TPSA) is 45.0 Å². The third-order valence-electron chi connectivity index (χ3n) is 2.47. The molecule has 0 bridgehead atoms. The van der Waals surface area contributed by atoms with E-state index in [-0.39, 0.29) is 18.2 Å². The van der Waals surface area contributed by atoms with Crippen LogP contribution in [0.1, 0.15) is 12.5 Å². The summed E-state index contributed by atoms with van der Waals surface area (Å²) in [5, 5.41) is 11.7. The van der Waals surface area contributed by atoms with Crippen LogP contribution in [-0.2, 0) is 0 Å². The van der Waals surface area contributed by atoms with E-state index in [2.05, 4.69) is 11.4 Å². The molecule has 0 aromatic heterocycles. The maximum atomic E-state index is 13.6. The highest BCUT2D eigenvalue weighted by Gasteiger charge is 2.22. The average Bonchev–Trinajstić information content (AvgIpc) is 2.31. The van der Waals surface area contributed by atoms with Crippen LogP contribution < -0.4 is 10.1 Å². The minimum Gasteiger partial charge on any atom is -0.487 e. The van der Waals surface area contributed by atoms with Crippen molar-refractivity contribution in [3.05, 3.63) is 29.6 Å². The van der Waals surface area contributed by atoms with Crippen molar-refractivity contribution in [1.29, 1.82) is 5.26 Å². The third kappa shape index (κ3) is 2.71. The molecular formula is C12H15FN2O. The van der Waals surface area contributed by atoms with Crippen LogP contribution in [0.25, 0.3) is 0 Å². The summed E-state index contributed by atoms with van der Waals surface area (Å²) >= 11 is 0. The van der Waals surface area contributed by atoms with E-state index in [9.17, 15) is 4.39 Å². The fraction of sp³-hybridized carbons (Fsp3) is 0.417. The second-order valence-electron chi connectivity index (χ2n) is 3.87. The Morgan fingerprint density at radius 2 is 2.25 bits per heavy atom. The van der Waals surface area contributed by atoms with Crippen molar-refractivity contribution in [2.45, 2.75) is 19.4 Å². The molecule has 1 N–H and O–H groups in total. The predicted molar refractivity (Wildman–Crippen MR) is 59.7 cm³/mol. The van der Waals surface area contributed by atoms with Gasteiger partial charge in [-0.25, -0.2) is 4.39 Å². The molecule has 86 valence electrons. The second-order valence-corrected chi connectivity index (χ2v) is 3.87. The van der Waals surface area contributed by atoms with Crippen LogP contribution in [0.4, 0.5) is 4.39 Å². The molecule has 0 fully saturated rings. The van der Waals surface area contributed by atoms with E-state index in [4.69, 9.17) is 10.00 Å². The zero-order valence-electron chi connectivity index (χ0n) is 9.67. The molecule has 0 aliphatic heterocycles. The standard InChI is InChI=1S/C12H15FN2O/c1-9-5-4-6-10(11(9)13)16-8-12(2,7-14)15-3/h4-6,15H,8H2,1-3H3. The number of halogens is 1. The first-order valence-corrected chi connectivity index (χ1v) is 5.00. The summed E-state index contributed by atoms with van der Waals surface area (Å²) in [4.78, 5) is 0. The van der Waals surface area contributed by atoms with Gasteiger partial charge in [0.1, 0.15) is 12.1 Å². The van der Waals surface area contributed by atoms with Crippen LogP contribution in [0.15, 0.2) is 18.2 Å². The first-order valence-electron chi connectivity index (χ1n) is 5.00. The van der Waals surface area contributed by atoms with E-state index in [0.717, 1.165) is 0 Å². The molecule has 3 nitrogen and oxygen atoms in total. The molecule has 4 heteroatoms. The second kappa shape index (κ2) is 4.95. The van der Waals surface area contributed by atoms with Crippen LogP contribution in [0, 0.1) is 24.1 Å². The molecule has 16 heavy (non-hydrogen) atoms. The van der Waals surface area contributed by atoms with Gasteiger partial charge in [-0.2, -0.15) is 5.26 Å². The molecule has 0 heterocycles. The molecule has 1 atom stereocenters. The summed E-state index contributed by atoms with van der Waals surface area (Å²) in [6.07, 6.45) is 0. The van der Waals surface area contributed by atoms with Crippen molar-refractivity contribution in [2.75, 3.05) is 13.7 Å². The molecule has 1 aromatic rings. The first kappa shape index (κ1) is 12.5. The SMILES string of the molecule is CNC(C)(C#N)COc1cccc(C)c1F. The maximum Gasteiger partial charge on any atom is 0.167 e. The number of ether oxygens (including phenoxy) is 1. The highest BCUT2D eigenvalue weighted by atomic mass is 19.1. The number of aryl methyl sites for hydroxylation is 1. The summed E-state index contributed by atoms with van der Waals surface area (Å²) in [6.45, 7) is 3.46. The van der Waals surface area contributed by atoms with E-state index < -0.39 is 5.54 Å². The van der Waals surface area contributed by atoms with Crippen molar-refractivity contribution >= 4 is 0 Å². The van der Waals surface area contributed by atoms with E-state index in [1.54, 1.807) is 39.1 Å². The van der Waals surface area contributed by atoms with Gasteiger partial charge in [-0.3, -0.25) is 5.32 Å². The highest BCUT2D eigenvalue weighted by Crippen LogP contribution is 2.20. The van der Waals surface area contributed by atoms with Gasteiger partial charge in [0.25, 0.3) is 0 Å². The number of rotatable bonds is 4. The minimum atomic E-state index is -0.809. The summed E-state index contributed by atoms with van der Waals surface area (Å²) < 4.78 is 18.9. The summed E-state index contributed by atoms with van der Waals surface area (Å²) in [5.74, 6) is -0.199. The molecule has 1 rings (SSSR count). The van der Waals surface area contributed by atoms with Gasteiger partial charge in [-0.05, 0) is 32.5 Å². The third-order valence-corrected chi connectivity index (χ3v) is 2.47. The number of nitrogens with one attached hydrogen (secondary N) is 1. The van der Waals surface area contributed by atoms with Crippen LogP contribution in [-0.4, -0.2) is 19.2 Å². The van der Waals surface area contributed by atoms with Crippen LogP contribution in [0.3, 0.4) is 0 Å². The first-order chi connectivity index (χ1) is 7.52. The number of hydrogen-bond acceptors (Lipinski definition) is 3. The summed E-state index contributed by atoms with van der Waals surface area (Å²) in [6, 6.07) is 7.01. The molecule has 0 radical (unpaired) electrons. The largest absolute Gasteiger partial charge is 0.487 e. The Hall–Kier alpha value is -1.60. The van der Waals surface area contributed by atoms with E-state index in [0.29, 0.717) is 5.56 Å². The molecule has 0 amide bonds. The van der Waals surface area contributed by atoms with Crippen molar-refractivity contribution < 1.29 is 9.13 Å². The van der Waals surface area contributed by atoms with Gasteiger partial charge in [0.15, 0.2) is 11.6 Å². The van der Waals surface area contributed by atoms with Gasteiger partial charge in [0.2, 0.25) is 0 Å². The minimum absolute atomic E-state index is 0.0976.